The number of para-hydroxylation sites is 2. The molecular weight excluding hydrogens is 424 g/mol. The van der Waals surface area contributed by atoms with Crippen molar-refractivity contribution in [3.05, 3.63) is 95.2 Å². The van der Waals surface area contributed by atoms with Gasteiger partial charge in [0.15, 0.2) is 17.3 Å². The summed E-state index contributed by atoms with van der Waals surface area (Å²) in [6.07, 6.45) is 2.20. The SMILES string of the molecule is CCCOc1ccc([C@@H]2Nc3ccccc3NC3=C2C(=O)C[C@H](c2ccccc2)C3)cc1OC. The molecule has 1 heterocycles. The predicted octanol–water partition coefficient (Wildman–Crippen LogP) is 6.46. The van der Waals surface area contributed by atoms with Crippen LogP contribution in [0.5, 0.6) is 11.5 Å². The average molecular weight is 455 g/mol. The highest BCUT2D eigenvalue weighted by atomic mass is 16.5. The van der Waals surface area contributed by atoms with Gasteiger partial charge in [-0.25, -0.2) is 0 Å². The Labute approximate surface area is 200 Å². The minimum absolute atomic E-state index is 0.158. The number of hydrogen-bond donors (Lipinski definition) is 2. The van der Waals surface area contributed by atoms with Crippen molar-refractivity contribution in [2.45, 2.75) is 38.1 Å². The molecule has 2 N–H and O–H groups in total. The van der Waals surface area contributed by atoms with E-state index in [1.807, 2.05) is 60.7 Å². The summed E-state index contributed by atoms with van der Waals surface area (Å²) in [6, 6.07) is 24.1. The molecule has 174 valence electrons. The van der Waals surface area contributed by atoms with Crippen molar-refractivity contribution < 1.29 is 14.3 Å². The van der Waals surface area contributed by atoms with Crippen molar-refractivity contribution in [3.63, 3.8) is 0 Å². The van der Waals surface area contributed by atoms with Gasteiger partial charge in [-0.1, -0.05) is 55.5 Å². The molecule has 0 aromatic heterocycles. The number of carbonyl (C=O) groups excluding carboxylic acids is 1. The molecule has 34 heavy (non-hydrogen) atoms. The highest BCUT2D eigenvalue weighted by Gasteiger charge is 2.36. The second kappa shape index (κ2) is 9.64. The lowest BCUT2D eigenvalue weighted by atomic mass is 9.78. The highest BCUT2D eigenvalue weighted by molar-refractivity contribution is 6.01. The second-order valence-corrected chi connectivity index (χ2v) is 8.84. The Hall–Kier alpha value is -3.73. The lowest BCUT2D eigenvalue weighted by molar-refractivity contribution is -0.116. The topological polar surface area (TPSA) is 59.6 Å². The molecule has 0 unspecified atom stereocenters. The maximum Gasteiger partial charge on any atom is 0.163 e. The summed E-state index contributed by atoms with van der Waals surface area (Å²) in [7, 11) is 1.65. The number of anilines is 2. The first-order chi connectivity index (χ1) is 16.7. The summed E-state index contributed by atoms with van der Waals surface area (Å²) in [6.45, 7) is 2.70. The molecule has 0 radical (unpaired) electrons. The van der Waals surface area contributed by atoms with E-state index in [0.717, 1.165) is 41.1 Å². The fourth-order valence-electron chi connectivity index (χ4n) is 4.90. The molecule has 0 fully saturated rings. The largest absolute Gasteiger partial charge is 0.493 e. The Kier molecular flexibility index (Phi) is 6.26. The van der Waals surface area contributed by atoms with E-state index in [1.165, 1.54) is 5.56 Å². The highest BCUT2D eigenvalue weighted by Crippen LogP contribution is 2.45. The number of nitrogens with one attached hydrogen (secondary N) is 2. The summed E-state index contributed by atoms with van der Waals surface area (Å²) in [5.74, 6) is 1.71. The molecule has 3 aromatic rings. The molecule has 1 aliphatic carbocycles. The van der Waals surface area contributed by atoms with E-state index in [1.54, 1.807) is 7.11 Å². The number of ketones is 1. The standard InChI is InChI=1S/C29H30N2O3/c1-3-15-34-26-14-13-20(18-27(26)33-2)29-28-24(30-22-11-7-8-12-23(22)31-29)16-21(17-25(28)32)19-9-5-4-6-10-19/h4-14,18,21,29-31H,3,15-17H2,1-2H3/t21-,29+/m1/s1. The molecule has 5 nitrogen and oxygen atoms in total. The minimum atomic E-state index is -0.288. The zero-order valence-corrected chi connectivity index (χ0v) is 19.6. The van der Waals surface area contributed by atoms with Gasteiger partial charge in [0.25, 0.3) is 0 Å². The van der Waals surface area contributed by atoms with Crippen LogP contribution in [0.2, 0.25) is 0 Å². The van der Waals surface area contributed by atoms with E-state index >= 15 is 0 Å². The molecule has 0 saturated carbocycles. The summed E-state index contributed by atoms with van der Waals surface area (Å²) in [5.41, 5.74) is 5.90. The number of rotatable bonds is 6. The van der Waals surface area contributed by atoms with E-state index in [0.29, 0.717) is 24.5 Å². The van der Waals surface area contributed by atoms with Gasteiger partial charge in [0.1, 0.15) is 0 Å². The zero-order valence-electron chi connectivity index (χ0n) is 19.6. The Bertz CT molecular complexity index is 1220. The van der Waals surface area contributed by atoms with Crippen LogP contribution < -0.4 is 20.1 Å². The normalized spacial score (nSPS) is 19.3. The number of fused-ring (bicyclic) bond motifs is 1. The number of benzene rings is 3. The van der Waals surface area contributed by atoms with Crippen molar-refractivity contribution in [2.24, 2.45) is 0 Å². The fourth-order valence-corrected chi connectivity index (χ4v) is 4.90. The van der Waals surface area contributed by atoms with Gasteiger partial charge in [0.05, 0.1) is 31.1 Å². The molecule has 2 atom stereocenters. The van der Waals surface area contributed by atoms with E-state index in [-0.39, 0.29) is 17.7 Å². The van der Waals surface area contributed by atoms with Crippen LogP contribution in [-0.4, -0.2) is 19.5 Å². The van der Waals surface area contributed by atoms with Crippen LogP contribution in [0.3, 0.4) is 0 Å². The Balaban J connectivity index is 1.58. The molecule has 1 aliphatic heterocycles. The quantitative estimate of drug-likeness (QED) is 0.447. The van der Waals surface area contributed by atoms with Gasteiger partial charge >= 0.3 is 0 Å². The van der Waals surface area contributed by atoms with Crippen LogP contribution >= 0.6 is 0 Å². The van der Waals surface area contributed by atoms with Crippen LogP contribution in [-0.2, 0) is 4.79 Å². The maximum atomic E-state index is 13.7. The van der Waals surface area contributed by atoms with Gasteiger partial charge < -0.3 is 20.1 Å². The third-order valence-corrected chi connectivity index (χ3v) is 6.56. The maximum absolute atomic E-state index is 13.7. The first-order valence-corrected chi connectivity index (χ1v) is 11.9. The number of Topliss-reactive ketones (excluding diaryl/α,β-unsaturated/α-hetero) is 1. The third kappa shape index (κ3) is 4.26. The summed E-state index contributed by atoms with van der Waals surface area (Å²) >= 11 is 0. The van der Waals surface area contributed by atoms with Crippen LogP contribution in [0.1, 0.15) is 49.3 Å². The van der Waals surface area contributed by atoms with Crippen LogP contribution in [0, 0.1) is 0 Å². The molecule has 5 heteroatoms. The van der Waals surface area contributed by atoms with Crippen molar-refractivity contribution in [1.29, 1.82) is 0 Å². The lowest BCUT2D eigenvalue weighted by Gasteiger charge is -2.30. The predicted molar refractivity (Wildman–Crippen MR) is 136 cm³/mol. The number of hydrogen-bond acceptors (Lipinski definition) is 5. The van der Waals surface area contributed by atoms with Gasteiger partial charge in [-0.2, -0.15) is 0 Å². The number of ether oxygens (including phenoxy) is 2. The monoisotopic (exact) mass is 454 g/mol. The molecule has 0 saturated heterocycles. The summed E-state index contributed by atoms with van der Waals surface area (Å²) in [4.78, 5) is 13.7. The van der Waals surface area contributed by atoms with E-state index in [9.17, 15) is 4.79 Å². The molecule has 2 aliphatic rings. The van der Waals surface area contributed by atoms with Crippen molar-refractivity contribution in [1.82, 2.24) is 0 Å². The number of allylic oxidation sites excluding steroid dienone is 1. The van der Waals surface area contributed by atoms with Crippen molar-refractivity contribution >= 4 is 17.2 Å². The molecule has 0 spiro atoms. The van der Waals surface area contributed by atoms with Gasteiger partial charge in [0.2, 0.25) is 0 Å². The fraction of sp³-hybridized carbons (Fsp3) is 0.276. The van der Waals surface area contributed by atoms with E-state index < -0.39 is 0 Å². The van der Waals surface area contributed by atoms with E-state index in [4.69, 9.17) is 9.47 Å². The number of methoxy groups -OCH3 is 1. The Morgan fingerprint density at radius 1 is 0.882 bits per heavy atom. The Morgan fingerprint density at radius 2 is 1.65 bits per heavy atom. The first kappa shape index (κ1) is 22.1. The van der Waals surface area contributed by atoms with Crippen LogP contribution in [0.25, 0.3) is 0 Å². The van der Waals surface area contributed by atoms with Gasteiger partial charge in [0, 0.05) is 17.7 Å². The second-order valence-electron chi connectivity index (χ2n) is 8.84. The summed E-state index contributed by atoms with van der Waals surface area (Å²) in [5, 5.41) is 7.24. The molecule has 5 rings (SSSR count). The number of carbonyl (C=O) groups is 1. The minimum Gasteiger partial charge on any atom is -0.493 e. The summed E-state index contributed by atoms with van der Waals surface area (Å²) < 4.78 is 11.5. The molecule has 3 aromatic carbocycles. The lowest BCUT2D eigenvalue weighted by Crippen LogP contribution is -2.26. The van der Waals surface area contributed by atoms with E-state index in [2.05, 4.69) is 29.7 Å². The first-order valence-electron chi connectivity index (χ1n) is 11.9. The molecule has 0 bridgehead atoms. The van der Waals surface area contributed by atoms with Crippen LogP contribution in [0.4, 0.5) is 11.4 Å². The molecular formula is C29H30N2O3. The molecule has 0 amide bonds. The average Bonchev–Trinajstić information content (AvgIpc) is 3.05. The van der Waals surface area contributed by atoms with Crippen molar-refractivity contribution in [2.75, 3.05) is 24.4 Å². The van der Waals surface area contributed by atoms with Crippen LogP contribution in [0.15, 0.2) is 84.1 Å². The van der Waals surface area contributed by atoms with Gasteiger partial charge in [-0.05, 0) is 54.2 Å². The van der Waals surface area contributed by atoms with Gasteiger partial charge in [-0.15, -0.1) is 0 Å². The zero-order chi connectivity index (χ0) is 23.5. The van der Waals surface area contributed by atoms with Crippen molar-refractivity contribution in [3.8, 4) is 11.5 Å². The Morgan fingerprint density at radius 3 is 2.41 bits per heavy atom. The van der Waals surface area contributed by atoms with Gasteiger partial charge in [-0.3, -0.25) is 4.79 Å². The smallest absolute Gasteiger partial charge is 0.163 e. The third-order valence-electron chi connectivity index (χ3n) is 6.56.